The van der Waals surface area contributed by atoms with Gasteiger partial charge < -0.3 is 14.4 Å². The third-order valence-electron chi connectivity index (χ3n) is 5.08. The van der Waals surface area contributed by atoms with Gasteiger partial charge in [-0.2, -0.15) is 0 Å². The molecule has 1 fully saturated rings. The summed E-state index contributed by atoms with van der Waals surface area (Å²) in [5.41, 5.74) is 3.47. The molecule has 24 heavy (non-hydrogen) atoms. The molecule has 3 rings (SSSR count). The molecule has 1 N–H and O–H groups in total. The van der Waals surface area contributed by atoms with Crippen molar-refractivity contribution in [3.8, 4) is 0 Å². The van der Waals surface area contributed by atoms with Gasteiger partial charge in [-0.15, -0.1) is 0 Å². The van der Waals surface area contributed by atoms with Crippen LogP contribution in [0.1, 0.15) is 23.1 Å². The van der Waals surface area contributed by atoms with Crippen LogP contribution in [0.25, 0.3) is 11.0 Å². The van der Waals surface area contributed by atoms with E-state index in [0.29, 0.717) is 18.2 Å². The Labute approximate surface area is 142 Å². The summed E-state index contributed by atoms with van der Waals surface area (Å²) in [6.07, 6.45) is 0.945. The quantitative estimate of drug-likeness (QED) is 0.868. The van der Waals surface area contributed by atoms with Gasteiger partial charge in [0.2, 0.25) is 0 Å². The van der Waals surface area contributed by atoms with Crippen molar-refractivity contribution in [2.24, 2.45) is 0 Å². The molecule has 5 heteroatoms. The van der Waals surface area contributed by atoms with Gasteiger partial charge in [0.05, 0.1) is 6.61 Å². The Hall–Kier alpha value is -1.69. The predicted molar refractivity (Wildman–Crippen MR) is 95.3 cm³/mol. The number of benzene rings is 1. The monoisotopic (exact) mass is 330 g/mol. The second kappa shape index (κ2) is 6.67. The molecule has 1 aromatic carbocycles. The third-order valence-corrected chi connectivity index (χ3v) is 5.08. The highest BCUT2D eigenvalue weighted by molar-refractivity contribution is 5.83. The van der Waals surface area contributed by atoms with Crippen LogP contribution < -0.4 is 5.63 Å². The first-order valence-electron chi connectivity index (χ1n) is 8.44. The lowest BCUT2D eigenvalue weighted by atomic mass is 10.0. The summed E-state index contributed by atoms with van der Waals surface area (Å²) >= 11 is 0. The first-order chi connectivity index (χ1) is 11.4. The molecular formula is C19H26N2O3. The van der Waals surface area contributed by atoms with E-state index >= 15 is 0 Å². The van der Waals surface area contributed by atoms with Crippen molar-refractivity contribution in [2.75, 3.05) is 27.2 Å². The number of rotatable bonds is 4. The molecule has 0 radical (unpaired) electrons. The lowest BCUT2D eigenvalue weighted by Crippen LogP contribution is -2.33. The van der Waals surface area contributed by atoms with Crippen LogP contribution >= 0.6 is 0 Å². The third kappa shape index (κ3) is 3.24. The number of hydrogen-bond donors (Lipinski definition) is 1. The van der Waals surface area contributed by atoms with Crippen LogP contribution in [0.15, 0.2) is 27.4 Å². The van der Waals surface area contributed by atoms with Crippen molar-refractivity contribution in [1.29, 1.82) is 0 Å². The maximum Gasteiger partial charge on any atom is 0.336 e. The number of likely N-dealkylation sites (N-methyl/N-ethyl adjacent to an activating group) is 1. The summed E-state index contributed by atoms with van der Waals surface area (Å²) < 4.78 is 5.43. The molecule has 0 unspecified atom stereocenters. The molecule has 0 spiro atoms. The van der Waals surface area contributed by atoms with Gasteiger partial charge in [0.15, 0.2) is 0 Å². The van der Waals surface area contributed by atoms with Crippen molar-refractivity contribution in [2.45, 2.75) is 38.9 Å². The summed E-state index contributed by atoms with van der Waals surface area (Å²) in [4.78, 5) is 16.5. The molecule has 1 saturated heterocycles. The normalized spacial score (nSPS) is 21.9. The molecular weight excluding hydrogens is 304 g/mol. The second-order valence-corrected chi connectivity index (χ2v) is 7.17. The van der Waals surface area contributed by atoms with E-state index in [0.717, 1.165) is 35.0 Å². The number of fused-ring (bicyclic) bond motifs is 1. The standard InChI is InChI=1S/C19H26N2O3/c1-12-5-13(2)19-17(6-12)14(7-18(23)24-19)9-21-10-15(20(3)4)8-16(21)11-22/h5-7,15-16,22H,8-11H2,1-4H3/t15-,16+/m1/s1. The SMILES string of the molecule is Cc1cc(C)c2oc(=O)cc(CN3C[C@H](N(C)C)C[C@H]3CO)c2c1. The zero-order valence-electron chi connectivity index (χ0n) is 14.9. The van der Waals surface area contributed by atoms with Gasteiger partial charge in [-0.05, 0) is 57.1 Å². The molecule has 1 aliphatic heterocycles. The summed E-state index contributed by atoms with van der Waals surface area (Å²) in [5.74, 6) is 0. The van der Waals surface area contributed by atoms with Gasteiger partial charge in [0, 0.05) is 36.6 Å². The molecule has 0 amide bonds. The van der Waals surface area contributed by atoms with Gasteiger partial charge in [-0.1, -0.05) is 6.07 Å². The Kier molecular flexibility index (Phi) is 4.76. The predicted octanol–water partition coefficient (Wildman–Crippen LogP) is 1.91. The van der Waals surface area contributed by atoms with E-state index in [1.54, 1.807) is 6.07 Å². The number of hydrogen-bond acceptors (Lipinski definition) is 5. The maximum absolute atomic E-state index is 12.0. The van der Waals surface area contributed by atoms with Crippen LogP contribution in [-0.4, -0.2) is 54.2 Å². The van der Waals surface area contributed by atoms with Crippen LogP contribution in [0.3, 0.4) is 0 Å². The molecule has 130 valence electrons. The summed E-state index contributed by atoms with van der Waals surface area (Å²) in [7, 11) is 4.14. The topological polar surface area (TPSA) is 56.9 Å². The van der Waals surface area contributed by atoms with Crippen molar-refractivity contribution in [1.82, 2.24) is 9.80 Å². The first kappa shape index (κ1) is 17.1. The van der Waals surface area contributed by atoms with E-state index in [-0.39, 0.29) is 18.3 Å². The number of nitrogens with zero attached hydrogens (tertiary/aromatic N) is 2. The van der Waals surface area contributed by atoms with Gasteiger partial charge in [-0.25, -0.2) is 4.79 Å². The number of aryl methyl sites for hydroxylation is 2. The van der Waals surface area contributed by atoms with Crippen molar-refractivity contribution < 1.29 is 9.52 Å². The Morgan fingerprint density at radius 1 is 1.29 bits per heavy atom. The fourth-order valence-corrected chi connectivity index (χ4v) is 3.74. The zero-order valence-corrected chi connectivity index (χ0v) is 14.9. The molecule has 1 aromatic heterocycles. The number of aliphatic hydroxyl groups excluding tert-OH is 1. The van der Waals surface area contributed by atoms with E-state index in [1.807, 2.05) is 13.0 Å². The molecule has 2 atom stereocenters. The van der Waals surface area contributed by atoms with Crippen molar-refractivity contribution >= 4 is 11.0 Å². The Morgan fingerprint density at radius 2 is 2.04 bits per heavy atom. The van der Waals surface area contributed by atoms with Crippen molar-refractivity contribution in [3.63, 3.8) is 0 Å². The minimum Gasteiger partial charge on any atom is -0.422 e. The summed E-state index contributed by atoms with van der Waals surface area (Å²) in [6, 6.07) is 6.26. The Bertz CT molecular complexity index is 797. The van der Waals surface area contributed by atoms with Crippen LogP contribution in [0.4, 0.5) is 0 Å². The molecule has 0 saturated carbocycles. The molecule has 2 heterocycles. The zero-order chi connectivity index (χ0) is 17.4. The van der Waals surface area contributed by atoms with Crippen LogP contribution in [-0.2, 0) is 6.54 Å². The van der Waals surface area contributed by atoms with Gasteiger partial charge >= 0.3 is 5.63 Å². The molecule has 2 aromatic rings. The highest BCUT2D eigenvalue weighted by Crippen LogP contribution is 2.27. The smallest absolute Gasteiger partial charge is 0.336 e. The van der Waals surface area contributed by atoms with E-state index in [2.05, 4.69) is 36.9 Å². The molecule has 5 nitrogen and oxygen atoms in total. The molecule has 0 bridgehead atoms. The van der Waals surface area contributed by atoms with E-state index < -0.39 is 0 Å². The first-order valence-corrected chi connectivity index (χ1v) is 8.44. The summed E-state index contributed by atoms with van der Waals surface area (Å²) in [6.45, 7) is 5.71. The lowest BCUT2D eigenvalue weighted by Gasteiger charge is -2.23. The average molecular weight is 330 g/mol. The second-order valence-electron chi connectivity index (χ2n) is 7.17. The molecule has 1 aliphatic rings. The Balaban J connectivity index is 1.99. The largest absolute Gasteiger partial charge is 0.422 e. The fraction of sp³-hybridized carbons (Fsp3) is 0.526. The minimum absolute atomic E-state index is 0.130. The van der Waals surface area contributed by atoms with Crippen LogP contribution in [0.2, 0.25) is 0 Å². The summed E-state index contributed by atoms with van der Waals surface area (Å²) in [5, 5.41) is 10.7. The lowest BCUT2D eigenvalue weighted by molar-refractivity contribution is 0.153. The highest BCUT2D eigenvalue weighted by Gasteiger charge is 2.33. The number of likely N-dealkylation sites (tertiary alicyclic amines) is 1. The average Bonchev–Trinajstić information content (AvgIpc) is 2.92. The maximum atomic E-state index is 12.0. The number of aliphatic hydroxyl groups is 1. The van der Waals surface area contributed by atoms with Gasteiger partial charge in [-0.3, -0.25) is 4.90 Å². The highest BCUT2D eigenvalue weighted by atomic mass is 16.4. The van der Waals surface area contributed by atoms with E-state index in [1.165, 1.54) is 0 Å². The van der Waals surface area contributed by atoms with E-state index in [4.69, 9.17) is 4.42 Å². The van der Waals surface area contributed by atoms with Gasteiger partial charge in [0.25, 0.3) is 0 Å². The van der Waals surface area contributed by atoms with Crippen LogP contribution in [0, 0.1) is 13.8 Å². The van der Waals surface area contributed by atoms with Crippen molar-refractivity contribution in [3.05, 3.63) is 45.3 Å². The van der Waals surface area contributed by atoms with Crippen LogP contribution in [0.5, 0.6) is 0 Å². The van der Waals surface area contributed by atoms with E-state index in [9.17, 15) is 9.90 Å². The Morgan fingerprint density at radius 3 is 2.71 bits per heavy atom. The minimum atomic E-state index is -0.312. The fourth-order valence-electron chi connectivity index (χ4n) is 3.74. The molecule has 0 aliphatic carbocycles. The van der Waals surface area contributed by atoms with Gasteiger partial charge in [0.1, 0.15) is 5.58 Å².